The van der Waals surface area contributed by atoms with E-state index in [0.29, 0.717) is 5.92 Å². The van der Waals surface area contributed by atoms with Crippen LogP contribution in [-0.4, -0.2) is 33.4 Å². The maximum Gasteiger partial charge on any atom is 0.219 e. The Hall–Kier alpha value is -2.43. The summed E-state index contributed by atoms with van der Waals surface area (Å²) in [5.41, 5.74) is 3.77. The molecule has 0 radical (unpaired) electrons. The number of allylic oxidation sites excluding steroid dienone is 1. The van der Waals surface area contributed by atoms with Crippen LogP contribution in [0.4, 0.5) is 4.39 Å². The van der Waals surface area contributed by atoms with E-state index in [-0.39, 0.29) is 17.8 Å². The topological polar surface area (TPSA) is 38.1 Å². The number of hydrogen-bond donors (Lipinski definition) is 0. The standard InChI is InChI=1S/C20H22FN3O/c1-3-4-14-5-6-16(21)19-18(14)17-11-22-12-24(17)20(19)15-7-9-23(10-8-15)13(2)25/h3-6,11-12,15,20H,7-10H2,1-2H3/b4-3-. The highest BCUT2D eigenvalue weighted by molar-refractivity contribution is 5.79. The quantitative estimate of drug-likeness (QED) is 0.833. The van der Waals surface area contributed by atoms with Gasteiger partial charge in [-0.2, -0.15) is 0 Å². The monoisotopic (exact) mass is 339 g/mol. The minimum absolute atomic E-state index is 0.0354. The molecule has 0 bridgehead atoms. The number of likely N-dealkylation sites (tertiary alicyclic amines) is 1. The highest BCUT2D eigenvalue weighted by atomic mass is 19.1. The number of amides is 1. The third-order valence-electron chi connectivity index (χ3n) is 5.52. The van der Waals surface area contributed by atoms with E-state index in [4.69, 9.17) is 0 Å². The Morgan fingerprint density at radius 3 is 2.76 bits per heavy atom. The Morgan fingerprint density at radius 2 is 2.08 bits per heavy atom. The SMILES string of the molecule is C/C=C\c1ccc(F)c2c1-c1cncn1C2C1CCN(C(C)=O)CC1. The molecular weight excluding hydrogens is 317 g/mol. The maximum atomic E-state index is 14.8. The Labute approximate surface area is 147 Å². The molecule has 2 aliphatic heterocycles. The van der Waals surface area contributed by atoms with Crippen LogP contribution >= 0.6 is 0 Å². The second-order valence-electron chi connectivity index (χ2n) is 6.90. The molecule has 25 heavy (non-hydrogen) atoms. The zero-order valence-corrected chi connectivity index (χ0v) is 14.6. The van der Waals surface area contributed by atoms with Gasteiger partial charge in [-0.25, -0.2) is 9.37 Å². The summed E-state index contributed by atoms with van der Waals surface area (Å²) in [5.74, 6) is 0.279. The lowest BCUT2D eigenvalue weighted by Crippen LogP contribution is -2.39. The smallest absolute Gasteiger partial charge is 0.219 e. The van der Waals surface area contributed by atoms with Crippen LogP contribution in [0.1, 0.15) is 43.9 Å². The number of halogens is 1. The van der Waals surface area contributed by atoms with E-state index in [9.17, 15) is 9.18 Å². The number of hydrogen-bond acceptors (Lipinski definition) is 2. The molecule has 0 spiro atoms. The van der Waals surface area contributed by atoms with Crippen LogP contribution in [0.25, 0.3) is 17.3 Å². The van der Waals surface area contributed by atoms with E-state index >= 15 is 0 Å². The van der Waals surface area contributed by atoms with E-state index in [1.54, 1.807) is 13.0 Å². The lowest BCUT2D eigenvalue weighted by Gasteiger charge is -2.35. The van der Waals surface area contributed by atoms with Crippen LogP contribution in [-0.2, 0) is 4.79 Å². The Balaban J connectivity index is 1.77. The molecule has 4 nitrogen and oxygen atoms in total. The van der Waals surface area contributed by atoms with Gasteiger partial charge in [0, 0.05) is 31.1 Å². The number of fused-ring (bicyclic) bond motifs is 3. The third-order valence-corrected chi connectivity index (χ3v) is 5.52. The number of carbonyl (C=O) groups is 1. The molecule has 1 amide bonds. The largest absolute Gasteiger partial charge is 0.343 e. The summed E-state index contributed by atoms with van der Waals surface area (Å²) < 4.78 is 17.0. The van der Waals surface area contributed by atoms with Gasteiger partial charge in [-0.3, -0.25) is 4.79 Å². The number of nitrogens with zero attached hydrogens (tertiary/aromatic N) is 3. The molecule has 2 aliphatic rings. The Kier molecular flexibility index (Phi) is 3.94. The van der Waals surface area contributed by atoms with Crippen molar-refractivity contribution < 1.29 is 9.18 Å². The van der Waals surface area contributed by atoms with Gasteiger partial charge in [-0.15, -0.1) is 0 Å². The number of piperidine rings is 1. The van der Waals surface area contributed by atoms with Gasteiger partial charge < -0.3 is 9.47 Å². The van der Waals surface area contributed by atoms with Gasteiger partial charge in [0.1, 0.15) is 5.82 Å². The van der Waals surface area contributed by atoms with Crippen molar-refractivity contribution in [3.8, 4) is 11.3 Å². The second-order valence-corrected chi connectivity index (χ2v) is 6.90. The number of aromatic nitrogens is 2. The molecule has 130 valence electrons. The predicted octanol–water partition coefficient (Wildman–Crippen LogP) is 3.88. The summed E-state index contributed by atoms with van der Waals surface area (Å²) in [7, 11) is 0. The molecule has 5 heteroatoms. The number of rotatable bonds is 2. The van der Waals surface area contributed by atoms with Crippen molar-refractivity contribution in [3.63, 3.8) is 0 Å². The minimum Gasteiger partial charge on any atom is -0.343 e. The van der Waals surface area contributed by atoms with Crippen LogP contribution in [0.2, 0.25) is 0 Å². The maximum absolute atomic E-state index is 14.8. The average Bonchev–Trinajstić information content (AvgIpc) is 3.18. The fourth-order valence-electron chi connectivity index (χ4n) is 4.36. The summed E-state index contributed by atoms with van der Waals surface area (Å²) in [6.07, 6.45) is 9.42. The molecule has 0 saturated carbocycles. The van der Waals surface area contributed by atoms with E-state index in [0.717, 1.165) is 48.3 Å². The molecule has 0 aliphatic carbocycles. The normalized spacial score (nSPS) is 20.1. The summed E-state index contributed by atoms with van der Waals surface area (Å²) in [5, 5.41) is 0. The summed E-state index contributed by atoms with van der Waals surface area (Å²) in [6, 6.07) is 3.38. The molecule has 1 saturated heterocycles. The number of imidazole rings is 1. The Morgan fingerprint density at radius 1 is 1.32 bits per heavy atom. The third kappa shape index (κ3) is 2.49. The van der Waals surface area contributed by atoms with E-state index < -0.39 is 0 Å². The zero-order valence-electron chi connectivity index (χ0n) is 14.6. The molecule has 1 atom stereocenters. The van der Waals surface area contributed by atoms with E-state index in [1.807, 2.05) is 42.6 Å². The van der Waals surface area contributed by atoms with Gasteiger partial charge in [0.15, 0.2) is 0 Å². The van der Waals surface area contributed by atoms with Gasteiger partial charge in [-0.1, -0.05) is 18.2 Å². The van der Waals surface area contributed by atoms with E-state index in [1.165, 1.54) is 0 Å². The highest BCUT2D eigenvalue weighted by Gasteiger charge is 2.39. The van der Waals surface area contributed by atoms with Crippen molar-refractivity contribution >= 4 is 12.0 Å². The average molecular weight is 339 g/mol. The first kappa shape index (κ1) is 16.1. The van der Waals surface area contributed by atoms with Crippen LogP contribution in [0.5, 0.6) is 0 Å². The van der Waals surface area contributed by atoms with Crippen molar-refractivity contribution in [2.45, 2.75) is 32.7 Å². The van der Waals surface area contributed by atoms with Crippen LogP contribution in [0, 0.1) is 11.7 Å². The lowest BCUT2D eigenvalue weighted by molar-refractivity contribution is -0.130. The zero-order chi connectivity index (χ0) is 17.6. The molecule has 1 aromatic carbocycles. The first-order valence-electron chi connectivity index (χ1n) is 8.84. The second kappa shape index (κ2) is 6.14. The lowest BCUT2D eigenvalue weighted by atomic mass is 9.84. The minimum atomic E-state index is -0.147. The van der Waals surface area contributed by atoms with Crippen molar-refractivity contribution in [2.75, 3.05) is 13.1 Å². The molecule has 3 heterocycles. The first-order valence-corrected chi connectivity index (χ1v) is 8.84. The van der Waals surface area contributed by atoms with Gasteiger partial charge in [0.25, 0.3) is 0 Å². The molecule has 1 unspecified atom stereocenters. The van der Waals surface area contributed by atoms with Crippen molar-refractivity contribution in [2.24, 2.45) is 5.92 Å². The highest BCUT2D eigenvalue weighted by Crippen LogP contribution is 2.48. The first-order chi connectivity index (χ1) is 12.1. The van der Waals surface area contributed by atoms with Crippen molar-refractivity contribution in [3.05, 3.63) is 47.7 Å². The van der Waals surface area contributed by atoms with Gasteiger partial charge in [0.05, 0.1) is 24.3 Å². The molecule has 2 aromatic rings. The van der Waals surface area contributed by atoms with Crippen molar-refractivity contribution in [1.29, 1.82) is 0 Å². The number of carbonyl (C=O) groups excluding carboxylic acids is 1. The van der Waals surface area contributed by atoms with Crippen molar-refractivity contribution in [1.82, 2.24) is 14.5 Å². The Bertz CT molecular complexity index is 847. The number of benzene rings is 1. The van der Waals surface area contributed by atoms with Crippen LogP contribution in [0.3, 0.4) is 0 Å². The molecular formula is C20H22FN3O. The van der Waals surface area contributed by atoms with E-state index in [2.05, 4.69) is 9.55 Å². The van der Waals surface area contributed by atoms with Crippen LogP contribution in [0.15, 0.2) is 30.7 Å². The molecule has 1 fully saturated rings. The molecule has 0 N–H and O–H groups in total. The molecule has 4 rings (SSSR count). The summed E-state index contributed by atoms with van der Waals surface area (Å²) >= 11 is 0. The summed E-state index contributed by atoms with van der Waals surface area (Å²) in [4.78, 5) is 17.8. The van der Waals surface area contributed by atoms with Gasteiger partial charge in [0.2, 0.25) is 5.91 Å². The van der Waals surface area contributed by atoms with Crippen LogP contribution < -0.4 is 0 Å². The predicted molar refractivity (Wildman–Crippen MR) is 95.4 cm³/mol. The summed E-state index contributed by atoms with van der Waals surface area (Å²) in [6.45, 7) is 5.07. The fourth-order valence-corrected chi connectivity index (χ4v) is 4.36. The van der Waals surface area contributed by atoms with Gasteiger partial charge >= 0.3 is 0 Å². The molecule has 1 aromatic heterocycles. The fraction of sp³-hybridized carbons (Fsp3) is 0.400. The van der Waals surface area contributed by atoms with Gasteiger partial charge in [-0.05, 0) is 37.3 Å².